The predicted molar refractivity (Wildman–Crippen MR) is 67.5 cm³/mol. The van der Waals surface area contributed by atoms with Crippen molar-refractivity contribution in [2.24, 2.45) is 5.41 Å². The highest BCUT2D eigenvalue weighted by molar-refractivity contribution is 8.00. The molecule has 2 spiro atoms. The van der Waals surface area contributed by atoms with E-state index in [0.29, 0.717) is 11.3 Å². The van der Waals surface area contributed by atoms with E-state index in [0.717, 1.165) is 11.7 Å². The molecule has 0 radical (unpaired) electrons. The molecule has 3 heteroatoms. The van der Waals surface area contributed by atoms with Gasteiger partial charge in [0.15, 0.2) is 0 Å². The van der Waals surface area contributed by atoms with Gasteiger partial charge in [-0.1, -0.05) is 26.2 Å². The zero-order valence-corrected chi connectivity index (χ0v) is 10.9. The van der Waals surface area contributed by atoms with E-state index in [9.17, 15) is 4.79 Å². The van der Waals surface area contributed by atoms with E-state index in [4.69, 9.17) is 0 Å². The Morgan fingerprint density at radius 1 is 1.31 bits per heavy atom. The van der Waals surface area contributed by atoms with Crippen LogP contribution in [0.3, 0.4) is 0 Å². The lowest BCUT2D eigenvalue weighted by atomic mass is 9.63. The summed E-state index contributed by atoms with van der Waals surface area (Å²) in [6, 6.07) is 0. The molecular weight excluding hydrogens is 218 g/mol. The summed E-state index contributed by atoms with van der Waals surface area (Å²) in [7, 11) is 0. The second kappa shape index (κ2) is 3.66. The van der Waals surface area contributed by atoms with E-state index in [1.807, 2.05) is 0 Å². The first-order chi connectivity index (χ1) is 7.66. The maximum absolute atomic E-state index is 11.9. The van der Waals surface area contributed by atoms with Crippen LogP contribution in [0.15, 0.2) is 0 Å². The maximum atomic E-state index is 11.9. The molecule has 2 saturated heterocycles. The molecule has 0 aromatic heterocycles. The summed E-state index contributed by atoms with van der Waals surface area (Å²) in [4.78, 5) is 11.9. The fraction of sp³-hybridized carbons (Fsp3) is 0.923. The molecule has 2 atom stereocenters. The molecule has 1 N–H and O–H groups in total. The van der Waals surface area contributed by atoms with Crippen molar-refractivity contribution in [3.63, 3.8) is 0 Å². The van der Waals surface area contributed by atoms with E-state index < -0.39 is 0 Å². The standard InChI is InChI=1S/C13H21NOS/c1-10-7-12(9-16-10)8-11(15)14-13(12)5-3-2-4-6-13/h10H,2-9H2,1H3,(H,14,15). The second-order valence-electron chi connectivity index (χ2n) is 5.97. The Kier molecular flexibility index (Phi) is 2.50. The quantitative estimate of drug-likeness (QED) is 0.704. The Morgan fingerprint density at radius 3 is 2.69 bits per heavy atom. The van der Waals surface area contributed by atoms with Crippen LogP contribution in [0, 0.1) is 5.41 Å². The lowest BCUT2D eigenvalue weighted by molar-refractivity contribution is -0.120. The van der Waals surface area contributed by atoms with Crippen molar-refractivity contribution in [2.75, 3.05) is 5.75 Å². The summed E-state index contributed by atoms with van der Waals surface area (Å²) in [5.41, 5.74) is 0.481. The number of amides is 1. The number of hydrogen-bond acceptors (Lipinski definition) is 2. The van der Waals surface area contributed by atoms with Crippen LogP contribution in [0.1, 0.15) is 51.9 Å². The third kappa shape index (κ3) is 1.43. The van der Waals surface area contributed by atoms with Gasteiger partial charge in [-0.15, -0.1) is 0 Å². The van der Waals surface area contributed by atoms with Crippen LogP contribution >= 0.6 is 11.8 Å². The molecule has 90 valence electrons. The number of carbonyl (C=O) groups is 1. The average molecular weight is 239 g/mol. The van der Waals surface area contributed by atoms with E-state index >= 15 is 0 Å². The van der Waals surface area contributed by atoms with Gasteiger partial charge < -0.3 is 5.32 Å². The number of thioether (sulfide) groups is 1. The normalized spacial score (nSPS) is 41.8. The molecular formula is C13H21NOS. The van der Waals surface area contributed by atoms with Crippen LogP contribution in [0.4, 0.5) is 0 Å². The lowest BCUT2D eigenvalue weighted by Crippen LogP contribution is -2.53. The smallest absolute Gasteiger partial charge is 0.221 e. The van der Waals surface area contributed by atoms with Gasteiger partial charge in [-0.2, -0.15) is 11.8 Å². The first-order valence-electron chi connectivity index (χ1n) is 6.59. The van der Waals surface area contributed by atoms with Crippen LogP contribution in [0.5, 0.6) is 0 Å². The number of rotatable bonds is 0. The number of carbonyl (C=O) groups excluding carboxylic acids is 1. The molecule has 1 saturated carbocycles. The second-order valence-corrected chi connectivity index (χ2v) is 7.40. The average Bonchev–Trinajstić information content (AvgIpc) is 2.72. The van der Waals surface area contributed by atoms with Crippen LogP contribution in [-0.2, 0) is 4.79 Å². The van der Waals surface area contributed by atoms with Crippen molar-refractivity contribution in [1.82, 2.24) is 5.32 Å². The van der Waals surface area contributed by atoms with Gasteiger partial charge in [0.05, 0.1) is 0 Å². The third-order valence-corrected chi connectivity index (χ3v) is 6.38. The maximum Gasteiger partial charge on any atom is 0.221 e. The van der Waals surface area contributed by atoms with Gasteiger partial charge in [0.25, 0.3) is 0 Å². The topological polar surface area (TPSA) is 29.1 Å². The van der Waals surface area contributed by atoms with Crippen molar-refractivity contribution in [3.05, 3.63) is 0 Å². The minimum Gasteiger partial charge on any atom is -0.350 e. The first kappa shape index (κ1) is 10.9. The summed E-state index contributed by atoms with van der Waals surface area (Å²) in [5, 5.41) is 4.11. The molecule has 3 aliphatic rings. The summed E-state index contributed by atoms with van der Waals surface area (Å²) in [6.07, 6.45) is 8.47. The van der Waals surface area contributed by atoms with Crippen molar-refractivity contribution >= 4 is 17.7 Å². The van der Waals surface area contributed by atoms with Crippen LogP contribution in [0.2, 0.25) is 0 Å². The summed E-state index contributed by atoms with van der Waals surface area (Å²) >= 11 is 2.07. The number of nitrogens with one attached hydrogen (secondary N) is 1. The molecule has 0 aromatic rings. The zero-order valence-electron chi connectivity index (χ0n) is 10.1. The van der Waals surface area contributed by atoms with Crippen molar-refractivity contribution in [3.8, 4) is 0 Å². The molecule has 2 aliphatic heterocycles. The monoisotopic (exact) mass is 239 g/mol. The SMILES string of the molecule is CC1CC2(CS1)CC(=O)NC21CCCCC1. The molecule has 3 rings (SSSR count). The van der Waals surface area contributed by atoms with Crippen LogP contribution in [-0.4, -0.2) is 22.4 Å². The lowest BCUT2D eigenvalue weighted by Gasteiger charge is -2.45. The molecule has 2 nitrogen and oxygen atoms in total. The van der Waals surface area contributed by atoms with Gasteiger partial charge in [0.2, 0.25) is 5.91 Å². The predicted octanol–water partition coefficient (Wildman–Crippen LogP) is 2.72. The molecule has 1 amide bonds. The number of hydrogen-bond donors (Lipinski definition) is 1. The van der Waals surface area contributed by atoms with Crippen molar-refractivity contribution in [2.45, 2.75) is 62.7 Å². The molecule has 2 unspecified atom stereocenters. The fourth-order valence-electron chi connectivity index (χ4n) is 4.16. The summed E-state index contributed by atoms with van der Waals surface area (Å²) in [5.74, 6) is 1.52. The minimum absolute atomic E-state index is 0.181. The van der Waals surface area contributed by atoms with Crippen LogP contribution < -0.4 is 5.32 Å². The van der Waals surface area contributed by atoms with Gasteiger partial charge in [0.1, 0.15) is 0 Å². The molecule has 0 aromatic carbocycles. The van der Waals surface area contributed by atoms with Crippen LogP contribution in [0.25, 0.3) is 0 Å². The third-order valence-electron chi connectivity index (χ3n) is 4.92. The van der Waals surface area contributed by atoms with Gasteiger partial charge >= 0.3 is 0 Å². The Hall–Kier alpha value is -0.180. The zero-order chi connectivity index (χ0) is 11.2. The Labute approximate surface area is 102 Å². The summed E-state index contributed by atoms with van der Waals surface area (Å²) < 4.78 is 0. The Bertz CT molecular complexity index is 298. The highest BCUT2D eigenvalue weighted by Crippen LogP contribution is 2.57. The highest BCUT2D eigenvalue weighted by atomic mass is 32.2. The van der Waals surface area contributed by atoms with Gasteiger partial charge in [-0.3, -0.25) is 4.79 Å². The van der Waals surface area contributed by atoms with E-state index in [1.54, 1.807) is 0 Å². The molecule has 3 fully saturated rings. The molecule has 16 heavy (non-hydrogen) atoms. The Morgan fingerprint density at radius 2 is 2.06 bits per heavy atom. The highest BCUT2D eigenvalue weighted by Gasteiger charge is 2.59. The molecule has 1 aliphatic carbocycles. The minimum atomic E-state index is 0.181. The van der Waals surface area contributed by atoms with E-state index in [1.165, 1.54) is 44.3 Å². The van der Waals surface area contributed by atoms with Gasteiger partial charge in [-0.25, -0.2) is 0 Å². The largest absolute Gasteiger partial charge is 0.350 e. The van der Waals surface area contributed by atoms with Crippen molar-refractivity contribution in [1.29, 1.82) is 0 Å². The first-order valence-corrected chi connectivity index (χ1v) is 7.63. The van der Waals surface area contributed by atoms with E-state index in [-0.39, 0.29) is 5.54 Å². The van der Waals surface area contributed by atoms with Gasteiger partial charge in [-0.05, 0) is 19.3 Å². The van der Waals surface area contributed by atoms with Gasteiger partial charge in [0, 0.05) is 28.4 Å². The van der Waals surface area contributed by atoms with Crippen molar-refractivity contribution < 1.29 is 4.79 Å². The Balaban J connectivity index is 1.92. The van der Waals surface area contributed by atoms with E-state index in [2.05, 4.69) is 24.0 Å². The number of fused-ring (bicyclic) bond motifs is 1. The molecule has 0 bridgehead atoms. The summed E-state index contributed by atoms with van der Waals surface area (Å²) in [6.45, 7) is 2.32. The molecule has 2 heterocycles. The fourth-order valence-corrected chi connectivity index (χ4v) is 5.69.